The molecule has 1 aliphatic heterocycles. The van der Waals surface area contributed by atoms with E-state index in [0.29, 0.717) is 12.5 Å². The van der Waals surface area contributed by atoms with E-state index in [2.05, 4.69) is 22.2 Å². The summed E-state index contributed by atoms with van der Waals surface area (Å²) in [6, 6.07) is 9.96. The van der Waals surface area contributed by atoms with Gasteiger partial charge in [0.2, 0.25) is 5.91 Å². The second-order valence-corrected chi connectivity index (χ2v) is 6.65. The smallest absolute Gasteiger partial charge is 0.239 e. The average molecular weight is 326 g/mol. The van der Waals surface area contributed by atoms with Crippen LogP contribution in [0.1, 0.15) is 19.3 Å². The van der Waals surface area contributed by atoms with Crippen LogP contribution in [0.5, 0.6) is 0 Å². The Kier molecular flexibility index (Phi) is 5.64. The highest BCUT2D eigenvalue weighted by molar-refractivity contribution is 5.76. The highest BCUT2D eigenvalue weighted by atomic mass is 16.1. The molecule has 1 aliphatic rings. The third kappa shape index (κ3) is 4.45. The van der Waals surface area contributed by atoms with Crippen molar-refractivity contribution in [3.05, 3.63) is 42.7 Å². The molecular weight excluding hydrogens is 300 g/mol. The van der Waals surface area contributed by atoms with Gasteiger partial charge < -0.3 is 14.8 Å². The minimum atomic E-state index is 0.0503. The molecule has 0 spiro atoms. The van der Waals surface area contributed by atoms with E-state index in [-0.39, 0.29) is 5.91 Å². The number of likely N-dealkylation sites (tertiary alicyclic amines) is 1. The molecule has 0 saturated carbocycles. The van der Waals surface area contributed by atoms with Crippen molar-refractivity contribution in [1.29, 1.82) is 0 Å². The van der Waals surface area contributed by atoms with Gasteiger partial charge in [-0.1, -0.05) is 30.3 Å². The first-order chi connectivity index (χ1) is 11.7. The molecule has 1 aromatic carbocycles. The second-order valence-electron chi connectivity index (χ2n) is 6.65. The van der Waals surface area contributed by atoms with Gasteiger partial charge in [0.1, 0.15) is 12.4 Å². The Labute approximate surface area is 143 Å². The molecule has 24 heavy (non-hydrogen) atoms. The number of hydrogen-bond donors (Lipinski definition) is 1. The number of rotatable bonds is 6. The molecule has 1 N–H and O–H groups in total. The molecule has 0 radical (unpaired) electrons. The van der Waals surface area contributed by atoms with E-state index in [9.17, 15) is 4.79 Å². The van der Waals surface area contributed by atoms with Crippen LogP contribution in [0.4, 0.5) is 0 Å². The number of amides is 1. The summed E-state index contributed by atoms with van der Waals surface area (Å²) in [6.45, 7) is 3.42. The van der Waals surface area contributed by atoms with Gasteiger partial charge in [0.15, 0.2) is 0 Å². The monoisotopic (exact) mass is 326 g/mol. The number of nitrogens with zero attached hydrogens (tertiary/aromatic N) is 3. The van der Waals surface area contributed by atoms with Gasteiger partial charge >= 0.3 is 0 Å². The van der Waals surface area contributed by atoms with Crippen LogP contribution in [0.3, 0.4) is 0 Å². The number of nitrogens with one attached hydrogen (secondary N) is 1. The summed E-state index contributed by atoms with van der Waals surface area (Å²) in [7, 11) is 2.18. The van der Waals surface area contributed by atoms with Gasteiger partial charge in [0, 0.05) is 31.0 Å². The van der Waals surface area contributed by atoms with Crippen LogP contribution in [0.25, 0.3) is 11.4 Å². The first-order valence-electron chi connectivity index (χ1n) is 8.74. The maximum atomic E-state index is 12.2. The molecule has 1 amide bonds. The first-order valence-corrected chi connectivity index (χ1v) is 8.74. The molecule has 128 valence electrons. The molecule has 2 aromatic rings. The van der Waals surface area contributed by atoms with Crippen molar-refractivity contribution >= 4 is 5.91 Å². The van der Waals surface area contributed by atoms with Gasteiger partial charge in [0.05, 0.1) is 0 Å². The predicted molar refractivity (Wildman–Crippen MR) is 95.5 cm³/mol. The molecule has 5 heteroatoms. The van der Waals surface area contributed by atoms with Crippen LogP contribution in [0, 0.1) is 5.92 Å². The van der Waals surface area contributed by atoms with Crippen molar-refractivity contribution < 1.29 is 4.79 Å². The Bertz CT molecular complexity index is 652. The summed E-state index contributed by atoms with van der Waals surface area (Å²) in [5.74, 6) is 1.59. The second kappa shape index (κ2) is 8.11. The summed E-state index contributed by atoms with van der Waals surface area (Å²) in [4.78, 5) is 19.0. The van der Waals surface area contributed by atoms with Crippen LogP contribution in [0.15, 0.2) is 42.7 Å². The Hall–Kier alpha value is -2.14. The number of aromatic nitrogens is 2. The number of hydrogen-bond acceptors (Lipinski definition) is 3. The maximum absolute atomic E-state index is 12.2. The Morgan fingerprint density at radius 2 is 2.17 bits per heavy atom. The zero-order chi connectivity index (χ0) is 16.8. The predicted octanol–water partition coefficient (Wildman–Crippen LogP) is 2.40. The normalized spacial score (nSPS) is 18.5. The third-order valence-corrected chi connectivity index (χ3v) is 4.66. The quantitative estimate of drug-likeness (QED) is 0.887. The van der Waals surface area contributed by atoms with E-state index in [4.69, 9.17) is 0 Å². The summed E-state index contributed by atoms with van der Waals surface area (Å²) in [5, 5.41) is 3.06. The molecule has 0 aliphatic carbocycles. The van der Waals surface area contributed by atoms with Crippen molar-refractivity contribution in [3.63, 3.8) is 0 Å². The maximum Gasteiger partial charge on any atom is 0.239 e. The van der Waals surface area contributed by atoms with Gasteiger partial charge in [-0.25, -0.2) is 4.98 Å². The van der Waals surface area contributed by atoms with Crippen molar-refractivity contribution in [2.24, 2.45) is 5.92 Å². The fourth-order valence-electron chi connectivity index (χ4n) is 3.42. The van der Waals surface area contributed by atoms with E-state index in [0.717, 1.165) is 30.9 Å². The van der Waals surface area contributed by atoms with Crippen molar-refractivity contribution in [2.75, 3.05) is 26.7 Å². The summed E-state index contributed by atoms with van der Waals surface area (Å²) < 4.78 is 1.90. The fraction of sp³-hybridized carbons (Fsp3) is 0.474. The molecule has 5 nitrogen and oxygen atoms in total. The lowest BCUT2D eigenvalue weighted by Crippen LogP contribution is -2.35. The van der Waals surface area contributed by atoms with Crippen LogP contribution in [0.2, 0.25) is 0 Å². The van der Waals surface area contributed by atoms with E-state index in [1.165, 1.54) is 19.4 Å². The largest absolute Gasteiger partial charge is 0.355 e. The highest BCUT2D eigenvalue weighted by Crippen LogP contribution is 2.18. The first kappa shape index (κ1) is 16.7. The number of benzene rings is 1. The standard InChI is InChI=1S/C19H26N4O/c1-22-12-5-6-16(14-22)9-10-20-18(24)15-23-13-11-21-19(23)17-7-3-2-4-8-17/h2-4,7-8,11,13,16H,5-6,9-10,12,14-15H2,1H3,(H,20,24). The zero-order valence-electron chi connectivity index (χ0n) is 14.3. The lowest BCUT2D eigenvalue weighted by molar-refractivity contribution is -0.121. The van der Waals surface area contributed by atoms with Crippen LogP contribution in [-0.4, -0.2) is 47.0 Å². The molecule has 3 rings (SSSR count). The molecular formula is C19H26N4O. The van der Waals surface area contributed by atoms with E-state index in [1.807, 2.05) is 41.1 Å². The topological polar surface area (TPSA) is 50.2 Å². The van der Waals surface area contributed by atoms with Crippen LogP contribution in [-0.2, 0) is 11.3 Å². The van der Waals surface area contributed by atoms with Gasteiger partial charge in [-0.15, -0.1) is 0 Å². The van der Waals surface area contributed by atoms with Crippen molar-refractivity contribution in [1.82, 2.24) is 19.8 Å². The summed E-state index contributed by atoms with van der Waals surface area (Å²) in [5.41, 5.74) is 1.03. The number of carbonyl (C=O) groups is 1. The molecule has 1 atom stereocenters. The SMILES string of the molecule is CN1CCCC(CCNC(=O)Cn2ccnc2-c2ccccc2)C1. The Morgan fingerprint density at radius 3 is 2.96 bits per heavy atom. The lowest BCUT2D eigenvalue weighted by atomic mass is 9.95. The molecule has 1 fully saturated rings. The minimum Gasteiger partial charge on any atom is -0.355 e. The number of imidazole rings is 1. The molecule has 1 unspecified atom stereocenters. The summed E-state index contributed by atoms with van der Waals surface area (Å²) >= 11 is 0. The van der Waals surface area contributed by atoms with Crippen molar-refractivity contribution in [2.45, 2.75) is 25.8 Å². The Morgan fingerprint density at radius 1 is 1.33 bits per heavy atom. The van der Waals surface area contributed by atoms with E-state index < -0.39 is 0 Å². The average Bonchev–Trinajstić information content (AvgIpc) is 3.04. The molecule has 0 bridgehead atoms. The Balaban J connectivity index is 1.48. The van der Waals surface area contributed by atoms with Crippen LogP contribution < -0.4 is 5.32 Å². The van der Waals surface area contributed by atoms with Gasteiger partial charge in [0.25, 0.3) is 0 Å². The van der Waals surface area contributed by atoms with Gasteiger partial charge in [-0.2, -0.15) is 0 Å². The van der Waals surface area contributed by atoms with Crippen LogP contribution >= 0.6 is 0 Å². The third-order valence-electron chi connectivity index (χ3n) is 4.66. The van der Waals surface area contributed by atoms with E-state index in [1.54, 1.807) is 6.20 Å². The number of carbonyl (C=O) groups excluding carboxylic acids is 1. The van der Waals surface area contributed by atoms with Crippen molar-refractivity contribution in [3.8, 4) is 11.4 Å². The fourth-order valence-corrected chi connectivity index (χ4v) is 3.42. The summed E-state index contributed by atoms with van der Waals surface area (Å²) in [6.07, 6.45) is 7.21. The molecule has 1 saturated heterocycles. The van der Waals surface area contributed by atoms with Gasteiger partial charge in [-0.05, 0) is 38.8 Å². The highest BCUT2D eigenvalue weighted by Gasteiger charge is 2.17. The van der Waals surface area contributed by atoms with E-state index >= 15 is 0 Å². The minimum absolute atomic E-state index is 0.0503. The number of piperidine rings is 1. The zero-order valence-corrected chi connectivity index (χ0v) is 14.3. The molecule has 1 aromatic heterocycles. The molecule has 2 heterocycles. The lowest BCUT2D eigenvalue weighted by Gasteiger charge is -2.29. The van der Waals surface area contributed by atoms with Gasteiger partial charge in [-0.3, -0.25) is 4.79 Å².